The molecule has 0 bridgehead atoms. The summed E-state index contributed by atoms with van der Waals surface area (Å²) >= 11 is 0. The van der Waals surface area contributed by atoms with Crippen LogP contribution in [0.25, 0.3) is 0 Å². The van der Waals surface area contributed by atoms with Crippen molar-refractivity contribution in [2.24, 2.45) is 0 Å². The fourth-order valence-electron chi connectivity index (χ4n) is 3.72. The number of carbonyl (C=O) groups is 1. The molecule has 2 aromatic rings. The van der Waals surface area contributed by atoms with Crippen LogP contribution in [-0.4, -0.2) is 18.7 Å². The molecule has 0 aliphatic heterocycles. The van der Waals surface area contributed by atoms with Gasteiger partial charge in [0, 0.05) is 12.7 Å². The van der Waals surface area contributed by atoms with Crippen LogP contribution in [0, 0.1) is 23.0 Å². The van der Waals surface area contributed by atoms with Crippen molar-refractivity contribution in [2.75, 3.05) is 6.61 Å². The van der Waals surface area contributed by atoms with Gasteiger partial charge in [-0.05, 0) is 67.9 Å². The molecule has 158 valence electrons. The van der Waals surface area contributed by atoms with E-state index in [2.05, 4.69) is 6.92 Å². The maximum atomic E-state index is 14.6. The minimum absolute atomic E-state index is 0.0821. The van der Waals surface area contributed by atoms with Crippen molar-refractivity contribution in [1.29, 1.82) is 5.26 Å². The van der Waals surface area contributed by atoms with Crippen molar-refractivity contribution >= 4 is 5.97 Å². The van der Waals surface area contributed by atoms with E-state index in [9.17, 15) is 13.6 Å². The van der Waals surface area contributed by atoms with Gasteiger partial charge in [-0.1, -0.05) is 19.4 Å². The Kier molecular flexibility index (Phi) is 7.53. The molecule has 0 heterocycles. The van der Waals surface area contributed by atoms with E-state index in [0.29, 0.717) is 0 Å². The molecule has 1 saturated carbocycles. The minimum atomic E-state index is -0.906. The fraction of sp³-hybridized carbons (Fsp3) is 0.417. The van der Waals surface area contributed by atoms with Crippen LogP contribution in [0.15, 0.2) is 36.4 Å². The summed E-state index contributed by atoms with van der Waals surface area (Å²) in [4.78, 5) is 12.3. The fourth-order valence-corrected chi connectivity index (χ4v) is 3.72. The molecule has 6 heteroatoms. The molecule has 1 aliphatic carbocycles. The van der Waals surface area contributed by atoms with E-state index >= 15 is 0 Å². The van der Waals surface area contributed by atoms with Crippen LogP contribution in [0.4, 0.5) is 8.78 Å². The average molecular weight is 413 g/mol. The van der Waals surface area contributed by atoms with Crippen LogP contribution >= 0.6 is 0 Å². The Balaban J connectivity index is 1.61. The number of unbranched alkanes of at least 4 members (excludes halogenated alkanes) is 1. The number of nitrogens with zero attached hydrogens (tertiary/aromatic N) is 1. The van der Waals surface area contributed by atoms with Crippen molar-refractivity contribution in [3.8, 4) is 11.8 Å². The second-order valence-electron chi connectivity index (χ2n) is 7.58. The number of benzene rings is 2. The molecule has 0 atom stereocenters. The topological polar surface area (TPSA) is 59.3 Å². The highest BCUT2D eigenvalue weighted by Gasteiger charge is 2.24. The first kappa shape index (κ1) is 21.9. The molecule has 30 heavy (non-hydrogen) atoms. The van der Waals surface area contributed by atoms with Gasteiger partial charge in [0.15, 0.2) is 0 Å². The van der Waals surface area contributed by atoms with E-state index < -0.39 is 17.6 Å². The van der Waals surface area contributed by atoms with Crippen molar-refractivity contribution in [1.82, 2.24) is 0 Å². The van der Waals surface area contributed by atoms with E-state index in [1.807, 2.05) is 0 Å². The van der Waals surface area contributed by atoms with Gasteiger partial charge < -0.3 is 9.47 Å². The van der Waals surface area contributed by atoms with E-state index in [1.165, 1.54) is 24.3 Å². The summed E-state index contributed by atoms with van der Waals surface area (Å²) < 4.78 is 39.2. The zero-order valence-electron chi connectivity index (χ0n) is 17.0. The number of nitriles is 1. The molecular weight excluding hydrogens is 388 g/mol. The Morgan fingerprint density at radius 3 is 2.50 bits per heavy atom. The number of hydrogen-bond donors (Lipinski definition) is 0. The van der Waals surface area contributed by atoms with Gasteiger partial charge in [-0.2, -0.15) is 5.26 Å². The van der Waals surface area contributed by atoms with E-state index in [-0.39, 0.29) is 28.9 Å². The van der Waals surface area contributed by atoms with Gasteiger partial charge in [-0.15, -0.1) is 0 Å². The van der Waals surface area contributed by atoms with Gasteiger partial charge in [-0.25, -0.2) is 13.6 Å². The number of rotatable bonds is 7. The lowest BCUT2D eigenvalue weighted by molar-refractivity contribution is 0.0232. The molecule has 1 aliphatic rings. The zero-order valence-corrected chi connectivity index (χ0v) is 17.0. The molecular formula is C24H25F2NO3. The molecule has 0 amide bonds. The molecule has 0 spiro atoms. The van der Waals surface area contributed by atoms with E-state index in [0.717, 1.165) is 56.8 Å². The number of hydrogen-bond acceptors (Lipinski definition) is 4. The first-order valence-corrected chi connectivity index (χ1v) is 10.3. The predicted octanol–water partition coefficient (Wildman–Crippen LogP) is 5.90. The Morgan fingerprint density at radius 1 is 1.10 bits per heavy atom. The molecule has 0 radical (unpaired) electrons. The zero-order chi connectivity index (χ0) is 21.5. The second kappa shape index (κ2) is 10.3. The summed E-state index contributed by atoms with van der Waals surface area (Å²) in [6, 6.07) is 9.68. The molecule has 1 fully saturated rings. The average Bonchev–Trinajstić information content (AvgIpc) is 2.74. The highest BCUT2D eigenvalue weighted by Crippen LogP contribution is 2.35. The van der Waals surface area contributed by atoms with Crippen molar-refractivity contribution in [3.05, 3.63) is 64.7 Å². The monoisotopic (exact) mass is 413 g/mol. The summed E-state index contributed by atoms with van der Waals surface area (Å²) in [7, 11) is 0. The van der Waals surface area contributed by atoms with Crippen molar-refractivity contribution < 1.29 is 23.0 Å². The van der Waals surface area contributed by atoms with Gasteiger partial charge in [0.2, 0.25) is 0 Å². The Morgan fingerprint density at radius 2 is 1.87 bits per heavy atom. The first-order valence-electron chi connectivity index (χ1n) is 10.3. The molecule has 0 aromatic heterocycles. The van der Waals surface area contributed by atoms with Gasteiger partial charge >= 0.3 is 5.97 Å². The Labute approximate surface area is 175 Å². The summed E-state index contributed by atoms with van der Waals surface area (Å²) in [5.41, 5.74) is 0.497. The Hall–Kier alpha value is -2.78. The quantitative estimate of drug-likeness (QED) is 0.322. The number of esters is 1. The van der Waals surface area contributed by atoms with Gasteiger partial charge in [-0.3, -0.25) is 0 Å². The SMILES string of the molecule is CCCCOC1CCC(c2ccc(C(=O)Oc3ccc(C#N)c(F)c3)c(F)c2)CC1. The highest BCUT2D eigenvalue weighted by atomic mass is 19.1. The lowest BCUT2D eigenvalue weighted by Gasteiger charge is -2.29. The van der Waals surface area contributed by atoms with Crippen LogP contribution in [0.1, 0.15) is 72.9 Å². The summed E-state index contributed by atoms with van der Waals surface area (Å²) in [5.74, 6) is -2.21. The van der Waals surface area contributed by atoms with Gasteiger partial charge in [0.1, 0.15) is 23.5 Å². The largest absolute Gasteiger partial charge is 0.423 e. The lowest BCUT2D eigenvalue weighted by atomic mass is 9.82. The van der Waals surface area contributed by atoms with E-state index in [1.54, 1.807) is 12.1 Å². The predicted molar refractivity (Wildman–Crippen MR) is 108 cm³/mol. The first-order chi connectivity index (χ1) is 14.5. The molecule has 3 rings (SSSR count). The number of halogens is 2. The standard InChI is InChI=1S/C24H25F2NO3/c1-2-3-12-29-19-8-4-16(5-9-19)17-7-11-21(23(26)13-17)24(28)30-20-10-6-18(15-27)22(25)14-20/h6-7,10-11,13-14,16,19H,2-5,8-9,12H2,1H3. The normalized spacial score (nSPS) is 18.6. The third-order valence-corrected chi connectivity index (χ3v) is 5.48. The van der Waals surface area contributed by atoms with Crippen LogP contribution in [0.2, 0.25) is 0 Å². The summed E-state index contributed by atoms with van der Waals surface area (Å²) in [5, 5.41) is 8.75. The summed E-state index contributed by atoms with van der Waals surface area (Å²) in [6.45, 7) is 2.93. The lowest BCUT2D eigenvalue weighted by Crippen LogP contribution is -2.21. The van der Waals surface area contributed by atoms with E-state index in [4.69, 9.17) is 14.7 Å². The highest BCUT2D eigenvalue weighted by molar-refractivity contribution is 5.91. The minimum Gasteiger partial charge on any atom is -0.423 e. The molecule has 0 unspecified atom stereocenters. The van der Waals surface area contributed by atoms with Gasteiger partial charge in [0.05, 0.1) is 17.2 Å². The molecule has 0 N–H and O–H groups in total. The maximum Gasteiger partial charge on any atom is 0.346 e. The summed E-state index contributed by atoms with van der Waals surface area (Å²) in [6.07, 6.45) is 6.20. The van der Waals surface area contributed by atoms with Crippen LogP contribution in [0.5, 0.6) is 5.75 Å². The van der Waals surface area contributed by atoms with Gasteiger partial charge in [0.25, 0.3) is 0 Å². The third-order valence-electron chi connectivity index (χ3n) is 5.48. The second-order valence-corrected chi connectivity index (χ2v) is 7.58. The Bertz CT molecular complexity index is 931. The maximum absolute atomic E-state index is 14.6. The number of carbonyl (C=O) groups excluding carboxylic acids is 1. The molecule has 4 nitrogen and oxygen atoms in total. The van der Waals surface area contributed by atoms with Crippen LogP contribution < -0.4 is 4.74 Å². The molecule has 0 saturated heterocycles. The molecule has 2 aromatic carbocycles. The van der Waals surface area contributed by atoms with Crippen LogP contribution in [-0.2, 0) is 4.74 Å². The van der Waals surface area contributed by atoms with Crippen LogP contribution in [0.3, 0.4) is 0 Å². The third kappa shape index (κ3) is 5.43. The number of ether oxygens (including phenoxy) is 2. The van der Waals surface area contributed by atoms with Crippen molar-refractivity contribution in [3.63, 3.8) is 0 Å². The smallest absolute Gasteiger partial charge is 0.346 e. The van der Waals surface area contributed by atoms with Crippen molar-refractivity contribution in [2.45, 2.75) is 57.5 Å².